The second-order valence-corrected chi connectivity index (χ2v) is 6.18. The quantitative estimate of drug-likeness (QED) is 0.525. The van der Waals surface area contributed by atoms with Crippen molar-refractivity contribution in [3.8, 4) is 0 Å². The largest absolute Gasteiger partial charge is 0.416 e. The third kappa shape index (κ3) is 3.78. The standard InChI is InChI=1S/C15H8BrF6N3/c16-11-3-9-7-25(24-13(9)23-5-11)6-8-1-2-10(14(17,18)19)4-12(8)15(20,21)22/h1-5,7H,6H2. The number of benzene rings is 1. The highest BCUT2D eigenvalue weighted by atomic mass is 79.9. The van der Waals surface area contributed by atoms with Crippen molar-refractivity contribution in [1.29, 1.82) is 0 Å². The molecule has 0 amide bonds. The summed E-state index contributed by atoms with van der Waals surface area (Å²) in [4.78, 5) is 4.01. The zero-order valence-electron chi connectivity index (χ0n) is 12.2. The minimum Gasteiger partial charge on any atom is -0.265 e. The minimum atomic E-state index is -4.91. The van der Waals surface area contributed by atoms with Crippen molar-refractivity contribution >= 4 is 27.0 Å². The summed E-state index contributed by atoms with van der Waals surface area (Å²) in [5.74, 6) is 0. The van der Waals surface area contributed by atoms with Crippen LogP contribution in [0.4, 0.5) is 26.3 Å². The fourth-order valence-corrected chi connectivity index (χ4v) is 2.70. The van der Waals surface area contributed by atoms with E-state index in [0.29, 0.717) is 21.6 Å². The molecule has 0 saturated carbocycles. The van der Waals surface area contributed by atoms with Crippen LogP contribution in [0.2, 0.25) is 0 Å². The van der Waals surface area contributed by atoms with Crippen LogP contribution >= 0.6 is 15.9 Å². The molecule has 0 aliphatic carbocycles. The van der Waals surface area contributed by atoms with Gasteiger partial charge in [-0.15, -0.1) is 0 Å². The molecule has 3 aromatic rings. The number of hydrogen-bond acceptors (Lipinski definition) is 2. The highest BCUT2D eigenvalue weighted by Crippen LogP contribution is 2.37. The van der Waals surface area contributed by atoms with Crippen LogP contribution in [0.1, 0.15) is 16.7 Å². The van der Waals surface area contributed by atoms with E-state index < -0.39 is 23.5 Å². The Kier molecular flexibility index (Phi) is 4.26. The number of rotatable bonds is 2. The molecular weight excluding hydrogens is 416 g/mol. The second kappa shape index (κ2) is 6.01. The summed E-state index contributed by atoms with van der Waals surface area (Å²) < 4.78 is 79.4. The molecule has 0 atom stereocenters. The lowest BCUT2D eigenvalue weighted by Crippen LogP contribution is -2.15. The van der Waals surface area contributed by atoms with Crippen LogP contribution in [-0.4, -0.2) is 14.8 Å². The summed E-state index contributed by atoms with van der Waals surface area (Å²) >= 11 is 3.22. The average molecular weight is 424 g/mol. The van der Waals surface area contributed by atoms with Crippen molar-refractivity contribution in [3.05, 3.63) is 57.8 Å². The molecule has 0 saturated heterocycles. The maximum Gasteiger partial charge on any atom is 0.416 e. The number of fused-ring (bicyclic) bond motifs is 1. The van der Waals surface area contributed by atoms with Crippen LogP contribution in [0.5, 0.6) is 0 Å². The van der Waals surface area contributed by atoms with Crippen LogP contribution in [0.15, 0.2) is 41.1 Å². The normalized spacial score (nSPS) is 12.8. The van der Waals surface area contributed by atoms with Crippen LogP contribution < -0.4 is 0 Å². The van der Waals surface area contributed by atoms with E-state index in [9.17, 15) is 26.3 Å². The second-order valence-electron chi connectivity index (χ2n) is 5.26. The molecule has 0 spiro atoms. The molecule has 10 heteroatoms. The van der Waals surface area contributed by atoms with Gasteiger partial charge in [0.1, 0.15) is 0 Å². The van der Waals surface area contributed by atoms with Crippen molar-refractivity contribution in [2.45, 2.75) is 18.9 Å². The van der Waals surface area contributed by atoms with Crippen molar-refractivity contribution < 1.29 is 26.3 Å². The summed E-state index contributed by atoms with van der Waals surface area (Å²) in [6.45, 7) is -0.332. The van der Waals surface area contributed by atoms with E-state index in [4.69, 9.17) is 0 Å². The topological polar surface area (TPSA) is 30.7 Å². The molecule has 0 fully saturated rings. The Morgan fingerprint density at radius 2 is 1.72 bits per heavy atom. The average Bonchev–Trinajstić information content (AvgIpc) is 2.86. The van der Waals surface area contributed by atoms with E-state index in [1.165, 1.54) is 17.1 Å². The van der Waals surface area contributed by atoms with Gasteiger partial charge < -0.3 is 0 Å². The molecule has 132 valence electrons. The minimum absolute atomic E-state index is 0.118. The molecule has 25 heavy (non-hydrogen) atoms. The Bertz CT molecular complexity index is 929. The molecule has 0 aliphatic heterocycles. The van der Waals surface area contributed by atoms with Crippen molar-refractivity contribution in [2.75, 3.05) is 0 Å². The van der Waals surface area contributed by atoms with Gasteiger partial charge in [-0.3, -0.25) is 4.68 Å². The van der Waals surface area contributed by atoms with Crippen LogP contribution in [0.3, 0.4) is 0 Å². The fourth-order valence-electron chi connectivity index (χ4n) is 2.35. The summed E-state index contributed by atoms with van der Waals surface area (Å²) in [6, 6.07) is 3.25. The lowest BCUT2D eigenvalue weighted by molar-refractivity contribution is -0.143. The van der Waals surface area contributed by atoms with Crippen LogP contribution in [0, 0.1) is 0 Å². The molecule has 0 aliphatic rings. The van der Waals surface area contributed by atoms with E-state index in [2.05, 4.69) is 26.0 Å². The Labute approximate surface area is 145 Å². The molecule has 0 N–H and O–H groups in total. The van der Waals surface area contributed by atoms with Gasteiger partial charge in [-0.2, -0.15) is 31.4 Å². The van der Waals surface area contributed by atoms with Gasteiger partial charge in [-0.1, -0.05) is 6.07 Å². The zero-order chi connectivity index (χ0) is 18.4. The van der Waals surface area contributed by atoms with Gasteiger partial charge in [-0.25, -0.2) is 4.98 Å². The van der Waals surface area contributed by atoms with Crippen LogP contribution in [-0.2, 0) is 18.9 Å². The van der Waals surface area contributed by atoms with Gasteiger partial charge in [0.15, 0.2) is 5.65 Å². The van der Waals surface area contributed by atoms with Gasteiger partial charge in [0, 0.05) is 22.3 Å². The molecule has 3 rings (SSSR count). The lowest BCUT2D eigenvalue weighted by Gasteiger charge is -2.16. The third-order valence-corrected chi connectivity index (χ3v) is 3.88. The Morgan fingerprint density at radius 3 is 2.36 bits per heavy atom. The van der Waals surface area contributed by atoms with Gasteiger partial charge in [0.25, 0.3) is 0 Å². The van der Waals surface area contributed by atoms with Crippen LogP contribution in [0.25, 0.3) is 11.0 Å². The molecule has 0 bridgehead atoms. The maximum absolute atomic E-state index is 13.2. The Morgan fingerprint density at radius 1 is 1.00 bits per heavy atom. The first-order chi connectivity index (χ1) is 11.5. The molecule has 0 radical (unpaired) electrons. The third-order valence-electron chi connectivity index (χ3n) is 3.45. The van der Waals surface area contributed by atoms with E-state index in [-0.39, 0.29) is 18.2 Å². The first-order valence-electron chi connectivity index (χ1n) is 6.80. The van der Waals surface area contributed by atoms with Crippen molar-refractivity contribution in [3.63, 3.8) is 0 Å². The van der Waals surface area contributed by atoms with Gasteiger partial charge >= 0.3 is 12.4 Å². The molecule has 2 heterocycles. The van der Waals surface area contributed by atoms with Crippen molar-refractivity contribution in [2.24, 2.45) is 0 Å². The molecule has 0 unspecified atom stereocenters. The first kappa shape index (κ1) is 17.7. The maximum atomic E-state index is 13.2. The first-order valence-corrected chi connectivity index (χ1v) is 7.59. The smallest absolute Gasteiger partial charge is 0.265 e. The number of pyridine rings is 1. The predicted molar refractivity (Wildman–Crippen MR) is 80.8 cm³/mol. The fraction of sp³-hybridized carbons (Fsp3) is 0.200. The number of halogens is 7. The summed E-state index contributed by atoms with van der Waals surface area (Å²) in [5.41, 5.74) is -2.67. The van der Waals surface area contributed by atoms with Crippen molar-refractivity contribution in [1.82, 2.24) is 14.8 Å². The van der Waals surface area contributed by atoms with Gasteiger partial charge in [0.05, 0.1) is 17.7 Å². The van der Waals surface area contributed by atoms with E-state index in [0.717, 1.165) is 6.07 Å². The molecule has 2 aromatic heterocycles. The van der Waals surface area contributed by atoms with Gasteiger partial charge in [0.2, 0.25) is 0 Å². The highest BCUT2D eigenvalue weighted by Gasteiger charge is 2.38. The summed E-state index contributed by atoms with van der Waals surface area (Å²) in [5, 5.41) is 4.63. The number of nitrogens with zero attached hydrogens (tertiary/aromatic N) is 3. The predicted octanol–water partition coefficient (Wildman–Crippen LogP) is 5.28. The Hall–Kier alpha value is -2.10. The summed E-state index contributed by atoms with van der Waals surface area (Å²) in [6.07, 6.45) is -6.80. The van der Waals surface area contributed by atoms with Gasteiger partial charge in [-0.05, 0) is 39.7 Å². The number of aromatic nitrogens is 3. The Balaban J connectivity index is 2.03. The van der Waals surface area contributed by atoms with E-state index in [1.54, 1.807) is 6.07 Å². The summed E-state index contributed by atoms with van der Waals surface area (Å²) in [7, 11) is 0. The number of hydrogen-bond donors (Lipinski definition) is 0. The number of alkyl halides is 6. The monoisotopic (exact) mass is 423 g/mol. The van der Waals surface area contributed by atoms with E-state index >= 15 is 0 Å². The lowest BCUT2D eigenvalue weighted by atomic mass is 10.0. The zero-order valence-corrected chi connectivity index (χ0v) is 13.7. The van der Waals surface area contributed by atoms with E-state index in [1.807, 2.05) is 0 Å². The highest BCUT2D eigenvalue weighted by molar-refractivity contribution is 9.10. The molecular formula is C15H8BrF6N3. The SMILES string of the molecule is FC(F)(F)c1ccc(Cn2cc3cc(Br)cnc3n2)c(C(F)(F)F)c1. The molecule has 1 aromatic carbocycles. The molecule has 3 nitrogen and oxygen atoms in total.